The Morgan fingerprint density at radius 3 is 2.86 bits per heavy atom. The van der Waals surface area contributed by atoms with Crippen molar-refractivity contribution < 1.29 is 13.9 Å². The van der Waals surface area contributed by atoms with E-state index in [-0.39, 0.29) is 17.5 Å². The van der Waals surface area contributed by atoms with Gasteiger partial charge in [-0.15, -0.1) is 0 Å². The molecule has 6 heteroatoms. The number of nitrogen functional groups attached to an aromatic ring is 1. The van der Waals surface area contributed by atoms with Crippen LogP contribution < -0.4 is 10.5 Å². The number of rotatable bonds is 2. The summed E-state index contributed by atoms with van der Waals surface area (Å²) >= 11 is 5.32. The Hall–Kier alpha value is -0.460. The second-order valence-electron chi connectivity index (χ2n) is 5.68. The molecule has 2 fully saturated rings. The number of halogens is 2. The van der Waals surface area contributed by atoms with Gasteiger partial charge in [-0.25, -0.2) is 4.39 Å². The molecule has 1 unspecified atom stereocenters. The summed E-state index contributed by atoms with van der Waals surface area (Å²) < 4.78 is 26.0. The van der Waals surface area contributed by atoms with E-state index in [1.54, 1.807) is 0 Å². The van der Waals surface area contributed by atoms with Crippen molar-refractivity contribution in [1.82, 2.24) is 0 Å². The first-order valence-electron chi connectivity index (χ1n) is 7.21. The number of benzene rings is 1. The van der Waals surface area contributed by atoms with Gasteiger partial charge in [-0.05, 0) is 46.3 Å². The van der Waals surface area contributed by atoms with Crippen LogP contribution in [0.4, 0.5) is 10.1 Å². The fourth-order valence-corrected chi connectivity index (χ4v) is 4.82. The van der Waals surface area contributed by atoms with Crippen molar-refractivity contribution in [3.8, 4) is 5.75 Å². The van der Waals surface area contributed by atoms with Crippen molar-refractivity contribution in [2.75, 3.05) is 23.8 Å². The van der Waals surface area contributed by atoms with E-state index in [9.17, 15) is 4.39 Å². The van der Waals surface area contributed by atoms with Crippen LogP contribution in [0.2, 0.25) is 0 Å². The lowest BCUT2D eigenvalue weighted by atomic mass is 9.86. The molecule has 21 heavy (non-hydrogen) atoms. The summed E-state index contributed by atoms with van der Waals surface area (Å²) in [4.78, 5) is 0. The molecule has 0 aliphatic carbocycles. The minimum atomic E-state index is -0.362. The van der Waals surface area contributed by atoms with Crippen molar-refractivity contribution in [3.63, 3.8) is 0 Å². The smallest absolute Gasteiger partial charge is 0.156 e. The normalized spacial score (nSPS) is 25.0. The van der Waals surface area contributed by atoms with Crippen LogP contribution in [0.5, 0.6) is 5.75 Å². The molecule has 0 saturated carbocycles. The van der Waals surface area contributed by atoms with Crippen LogP contribution in [-0.2, 0) is 4.74 Å². The largest absolute Gasteiger partial charge is 0.487 e. The number of nitrogens with two attached hydrogens (primary N) is 1. The topological polar surface area (TPSA) is 44.5 Å². The standard InChI is InChI=1S/C15H19BrFNO2S/c16-12-7-10(17)8-13(18)14(12)20-11-1-4-19-15(9-11)2-5-21-6-3-15/h7-8,11H,1-6,9,18H2. The number of thioether (sulfide) groups is 1. The van der Waals surface area contributed by atoms with E-state index >= 15 is 0 Å². The summed E-state index contributed by atoms with van der Waals surface area (Å²) in [6.07, 6.45) is 3.97. The van der Waals surface area contributed by atoms with Gasteiger partial charge in [0.15, 0.2) is 5.75 Å². The van der Waals surface area contributed by atoms with Crippen molar-refractivity contribution in [2.24, 2.45) is 0 Å². The summed E-state index contributed by atoms with van der Waals surface area (Å²) in [6.45, 7) is 0.716. The molecule has 3 rings (SSSR count). The maximum absolute atomic E-state index is 13.3. The van der Waals surface area contributed by atoms with Gasteiger partial charge in [-0.3, -0.25) is 0 Å². The quantitative estimate of drug-likeness (QED) is 0.793. The monoisotopic (exact) mass is 375 g/mol. The van der Waals surface area contributed by atoms with Crippen LogP contribution >= 0.6 is 27.7 Å². The molecule has 2 aliphatic heterocycles. The van der Waals surface area contributed by atoms with Gasteiger partial charge < -0.3 is 15.2 Å². The van der Waals surface area contributed by atoms with Gasteiger partial charge in [0.25, 0.3) is 0 Å². The molecular formula is C15H19BrFNO2S. The predicted octanol–water partition coefficient (Wildman–Crippen LogP) is 3.99. The van der Waals surface area contributed by atoms with Gasteiger partial charge in [-0.1, -0.05) is 0 Å². The highest BCUT2D eigenvalue weighted by atomic mass is 79.9. The van der Waals surface area contributed by atoms with E-state index in [1.807, 2.05) is 11.8 Å². The first-order valence-corrected chi connectivity index (χ1v) is 9.16. The SMILES string of the molecule is Nc1cc(F)cc(Br)c1OC1CCOC2(CCSCC2)C1. The molecule has 116 valence electrons. The van der Waals surface area contributed by atoms with E-state index in [0.29, 0.717) is 22.5 Å². The summed E-state index contributed by atoms with van der Waals surface area (Å²) in [5, 5.41) is 0. The third-order valence-electron chi connectivity index (χ3n) is 4.17. The highest BCUT2D eigenvalue weighted by molar-refractivity contribution is 9.10. The maximum Gasteiger partial charge on any atom is 0.156 e. The Bertz CT molecular complexity index is 494. The Morgan fingerprint density at radius 2 is 2.14 bits per heavy atom. The lowest BCUT2D eigenvalue weighted by molar-refractivity contribution is -0.116. The van der Waals surface area contributed by atoms with E-state index < -0.39 is 0 Å². The van der Waals surface area contributed by atoms with Crippen LogP contribution in [0.25, 0.3) is 0 Å². The molecule has 0 radical (unpaired) electrons. The number of hydrogen-bond acceptors (Lipinski definition) is 4. The third kappa shape index (κ3) is 3.48. The first kappa shape index (κ1) is 15.4. The van der Waals surface area contributed by atoms with E-state index in [0.717, 1.165) is 37.2 Å². The van der Waals surface area contributed by atoms with Gasteiger partial charge in [0.05, 0.1) is 22.4 Å². The molecule has 2 heterocycles. The first-order chi connectivity index (χ1) is 10.1. The molecule has 0 amide bonds. The highest BCUT2D eigenvalue weighted by Crippen LogP contribution is 2.40. The molecule has 2 aliphatic rings. The van der Waals surface area contributed by atoms with Gasteiger partial charge in [0, 0.05) is 18.9 Å². The Labute approximate surface area is 136 Å². The van der Waals surface area contributed by atoms with Crippen LogP contribution in [0.1, 0.15) is 25.7 Å². The third-order valence-corrected chi connectivity index (χ3v) is 5.75. The van der Waals surface area contributed by atoms with Crippen LogP contribution in [-0.4, -0.2) is 29.8 Å². The van der Waals surface area contributed by atoms with Crippen molar-refractivity contribution in [3.05, 3.63) is 22.4 Å². The van der Waals surface area contributed by atoms with Gasteiger partial charge in [0.2, 0.25) is 0 Å². The second kappa shape index (κ2) is 6.34. The summed E-state index contributed by atoms with van der Waals surface area (Å²) in [5.41, 5.74) is 6.18. The minimum absolute atomic E-state index is 0.0323. The lowest BCUT2D eigenvalue weighted by Crippen LogP contribution is -2.46. The number of anilines is 1. The van der Waals surface area contributed by atoms with Crippen LogP contribution in [0, 0.1) is 5.82 Å². The average Bonchev–Trinajstić information content (AvgIpc) is 2.44. The average molecular weight is 376 g/mol. The molecule has 3 nitrogen and oxygen atoms in total. The van der Waals surface area contributed by atoms with Crippen molar-refractivity contribution in [1.29, 1.82) is 0 Å². The summed E-state index contributed by atoms with van der Waals surface area (Å²) in [5.74, 6) is 2.48. The predicted molar refractivity (Wildman–Crippen MR) is 87.4 cm³/mol. The molecule has 1 spiro atoms. The molecular weight excluding hydrogens is 357 g/mol. The fourth-order valence-electron chi connectivity index (χ4n) is 3.05. The molecule has 0 aromatic heterocycles. The molecule has 1 atom stereocenters. The fraction of sp³-hybridized carbons (Fsp3) is 0.600. The van der Waals surface area contributed by atoms with Gasteiger partial charge in [0.1, 0.15) is 11.9 Å². The Balaban J connectivity index is 1.73. The molecule has 2 N–H and O–H groups in total. The van der Waals surface area contributed by atoms with Gasteiger partial charge in [-0.2, -0.15) is 11.8 Å². The van der Waals surface area contributed by atoms with Crippen LogP contribution in [0.3, 0.4) is 0 Å². The zero-order valence-electron chi connectivity index (χ0n) is 11.7. The van der Waals surface area contributed by atoms with E-state index in [4.69, 9.17) is 15.2 Å². The molecule has 0 bridgehead atoms. The lowest BCUT2D eigenvalue weighted by Gasteiger charge is -2.43. The highest BCUT2D eigenvalue weighted by Gasteiger charge is 2.39. The second-order valence-corrected chi connectivity index (χ2v) is 7.76. The minimum Gasteiger partial charge on any atom is -0.487 e. The van der Waals surface area contributed by atoms with Crippen molar-refractivity contribution in [2.45, 2.75) is 37.4 Å². The Kier molecular flexibility index (Phi) is 4.66. The molecule has 2 saturated heterocycles. The Morgan fingerprint density at radius 1 is 1.38 bits per heavy atom. The van der Waals surface area contributed by atoms with E-state index in [2.05, 4.69) is 15.9 Å². The van der Waals surface area contributed by atoms with Crippen LogP contribution in [0.15, 0.2) is 16.6 Å². The zero-order valence-corrected chi connectivity index (χ0v) is 14.1. The summed E-state index contributed by atoms with van der Waals surface area (Å²) in [7, 11) is 0. The zero-order chi connectivity index (χ0) is 14.9. The maximum atomic E-state index is 13.3. The number of hydrogen-bond donors (Lipinski definition) is 1. The molecule has 1 aromatic carbocycles. The summed E-state index contributed by atoms with van der Waals surface area (Å²) in [6, 6.07) is 2.68. The van der Waals surface area contributed by atoms with Crippen molar-refractivity contribution >= 4 is 33.4 Å². The molecule has 1 aromatic rings. The van der Waals surface area contributed by atoms with Gasteiger partial charge >= 0.3 is 0 Å². The van der Waals surface area contributed by atoms with E-state index in [1.165, 1.54) is 12.1 Å². The number of ether oxygens (including phenoxy) is 2.